The van der Waals surface area contributed by atoms with Crippen molar-refractivity contribution in [3.05, 3.63) is 28.4 Å². The molecule has 0 amide bonds. The first kappa shape index (κ1) is 10.5. The zero-order valence-corrected chi connectivity index (χ0v) is 9.47. The van der Waals surface area contributed by atoms with Gasteiger partial charge in [-0.2, -0.15) is 0 Å². The third kappa shape index (κ3) is 1.85. The molecule has 0 fully saturated rings. The second-order valence-corrected chi connectivity index (χ2v) is 3.67. The predicted molar refractivity (Wildman–Crippen MR) is 59.1 cm³/mol. The molecule has 15 heavy (non-hydrogen) atoms. The average molecular weight is 226 g/mol. The van der Waals surface area contributed by atoms with Crippen LogP contribution in [-0.2, 0) is 11.3 Å². The fourth-order valence-electron chi connectivity index (χ4n) is 1.69. The molecule has 1 aliphatic rings. The van der Waals surface area contributed by atoms with E-state index in [4.69, 9.17) is 21.1 Å². The van der Waals surface area contributed by atoms with Crippen LogP contribution in [0, 0.1) is 0 Å². The van der Waals surface area contributed by atoms with Gasteiger partial charge < -0.3 is 9.47 Å². The highest BCUT2D eigenvalue weighted by molar-refractivity contribution is 6.29. The molecule has 1 aromatic heterocycles. The molecule has 4 heteroatoms. The number of methoxy groups -OCH3 is 1. The van der Waals surface area contributed by atoms with E-state index in [-0.39, 0.29) is 0 Å². The SMILES string of the molecule is CC=C1COCc2c1cc(Cl)nc2OC. The number of pyridine rings is 1. The van der Waals surface area contributed by atoms with Gasteiger partial charge in [0.25, 0.3) is 0 Å². The van der Waals surface area contributed by atoms with Crippen LogP contribution in [-0.4, -0.2) is 18.7 Å². The second-order valence-electron chi connectivity index (χ2n) is 3.29. The van der Waals surface area contributed by atoms with Gasteiger partial charge in [0.1, 0.15) is 5.15 Å². The van der Waals surface area contributed by atoms with Crippen molar-refractivity contribution < 1.29 is 9.47 Å². The van der Waals surface area contributed by atoms with E-state index in [0.29, 0.717) is 24.2 Å². The van der Waals surface area contributed by atoms with Gasteiger partial charge in [-0.1, -0.05) is 17.7 Å². The summed E-state index contributed by atoms with van der Waals surface area (Å²) < 4.78 is 10.6. The smallest absolute Gasteiger partial charge is 0.220 e. The minimum absolute atomic E-state index is 0.451. The Balaban J connectivity index is 2.61. The molecule has 0 spiro atoms. The molecule has 1 aliphatic heterocycles. The van der Waals surface area contributed by atoms with Gasteiger partial charge in [0.05, 0.1) is 20.3 Å². The van der Waals surface area contributed by atoms with E-state index in [0.717, 1.165) is 16.7 Å². The molecule has 0 N–H and O–H groups in total. The molecular weight excluding hydrogens is 214 g/mol. The second kappa shape index (κ2) is 4.21. The standard InChI is InChI=1S/C11H12ClNO2/c1-3-7-5-15-6-9-8(7)4-10(12)13-11(9)14-2/h3-4H,5-6H2,1-2H3. The van der Waals surface area contributed by atoms with Gasteiger partial charge in [0.2, 0.25) is 5.88 Å². The first-order valence-corrected chi connectivity index (χ1v) is 5.10. The highest BCUT2D eigenvalue weighted by Crippen LogP contribution is 2.32. The van der Waals surface area contributed by atoms with Gasteiger partial charge in [-0.15, -0.1) is 0 Å². The van der Waals surface area contributed by atoms with Gasteiger partial charge in [0, 0.05) is 5.56 Å². The lowest BCUT2D eigenvalue weighted by Crippen LogP contribution is -2.11. The quantitative estimate of drug-likeness (QED) is 0.689. The average Bonchev–Trinajstić information content (AvgIpc) is 2.27. The fourth-order valence-corrected chi connectivity index (χ4v) is 1.88. The predicted octanol–water partition coefficient (Wildman–Crippen LogP) is 2.68. The summed E-state index contributed by atoms with van der Waals surface area (Å²) in [7, 11) is 1.59. The Morgan fingerprint density at radius 3 is 3.00 bits per heavy atom. The lowest BCUT2D eigenvalue weighted by Gasteiger charge is -2.21. The maximum absolute atomic E-state index is 5.92. The number of hydrogen-bond acceptors (Lipinski definition) is 3. The van der Waals surface area contributed by atoms with Crippen LogP contribution in [0.2, 0.25) is 5.15 Å². The molecule has 1 aromatic rings. The molecule has 2 heterocycles. The number of allylic oxidation sites excluding steroid dienone is 1. The number of hydrogen-bond donors (Lipinski definition) is 0. The summed E-state index contributed by atoms with van der Waals surface area (Å²) in [5.74, 6) is 0.552. The Morgan fingerprint density at radius 1 is 1.53 bits per heavy atom. The molecular formula is C11H12ClNO2. The van der Waals surface area contributed by atoms with Crippen LogP contribution in [0.3, 0.4) is 0 Å². The Labute approximate surface area is 93.7 Å². The van der Waals surface area contributed by atoms with Gasteiger partial charge in [-0.25, -0.2) is 4.98 Å². The summed E-state index contributed by atoms with van der Waals surface area (Å²) in [6.45, 7) is 3.13. The monoisotopic (exact) mass is 225 g/mol. The summed E-state index contributed by atoms with van der Waals surface area (Å²) in [5.41, 5.74) is 3.18. The molecule has 0 unspecified atom stereocenters. The van der Waals surface area contributed by atoms with E-state index in [1.165, 1.54) is 0 Å². The van der Waals surface area contributed by atoms with Gasteiger partial charge in [-0.3, -0.25) is 0 Å². The summed E-state index contributed by atoms with van der Waals surface area (Å²) in [6.07, 6.45) is 2.02. The van der Waals surface area contributed by atoms with E-state index in [9.17, 15) is 0 Å². The Hall–Kier alpha value is -1.06. The molecule has 80 valence electrons. The summed E-state index contributed by atoms with van der Waals surface area (Å²) in [5, 5.41) is 0.451. The molecule has 0 bridgehead atoms. The van der Waals surface area contributed by atoms with Crippen molar-refractivity contribution >= 4 is 17.2 Å². The van der Waals surface area contributed by atoms with Crippen LogP contribution in [0.1, 0.15) is 18.1 Å². The highest BCUT2D eigenvalue weighted by Gasteiger charge is 2.19. The molecule has 3 nitrogen and oxygen atoms in total. The van der Waals surface area contributed by atoms with E-state index >= 15 is 0 Å². The van der Waals surface area contributed by atoms with Crippen molar-refractivity contribution in [2.24, 2.45) is 0 Å². The number of fused-ring (bicyclic) bond motifs is 1. The molecule has 0 radical (unpaired) electrons. The van der Waals surface area contributed by atoms with Crippen molar-refractivity contribution in [3.8, 4) is 5.88 Å². The van der Waals surface area contributed by atoms with Crippen molar-refractivity contribution in [1.29, 1.82) is 0 Å². The topological polar surface area (TPSA) is 31.4 Å². The fraction of sp³-hybridized carbons (Fsp3) is 0.364. The largest absolute Gasteiger partial charge is 0.481 e. The molecule has 0 aliphatic carbocycles. The van der Waals surface area contributed by atoms with Crippen LogP contribution in [0.25, 0.3) is 5.57 Å². The normalized spacial score (nSPS) is 17.7. The summed E-state index contributed by atoms with van der Waals surface area (Å²) in [6, 6.07) is 1.86. The van der Waals surface area contributed by atoms with Crippen molar-refractivity contribution in [1.82, 2.24) is 4.98 Å². The van der Waals surface area contributed by atoms with E-state index < -0.39 is 0 Å². The maximum atomic E-state index is 5.92. The molecule has 0 atom stereocenters. The van der Waals surface area contributed by atoms with Crippen molar-refractivity contribution in [3.63, 3.8) is 0 Å². The molecule has 2 rings (SSSR count). The van der Waals surface area contributed by atoms with Crippen molar-refractivity contribution in [2.75, 3.05) is 13.7 Å². The number of aromatic nitrogens is 1. The number of nitrogens with zero attached hydrogens (tertiary/aromatic N) is 1. The number of ether oxygens (including phenoxy) is 2. The first-order chi connectivity index (χ1) is 7.26. The zero-order valence-electron chi connectivity index (χ0n) is 8.71. The zero-order chi connectivity index (χ0) is 10.8. The minimum Gasteiger partial charge on any atom is -0.481 e. The maximum Gasteiger partial charge on any atom is 0.220 e. The third-order valence-corrected chi connectivity index (χ3v) is 2.64. The van der Waals surface area contributed by atoms with Crippen LogP contribution in [0.4, 0.5) is 0 Å². The lowest BCUT2D eigenvalue weighted by atomic mass is 10.00. The molecule has 0 saturated carbocycles. The van der Waals surface area contributed by atoms with E-state index in [2.05, 4.69) is 4.98 Å². The first-order valence-electron chi connectivity index (χ1n) is 4.73. The molecule has 0 saturated heterocycles. The van der Waals surface area contributed by atoms with Crippen LogP contribution >= 0.6 is 11.6 Å². The van der Waals surface area contributed by atoms with Gasteiger partial charge >= 0.3 is 0 Å². The van der Waals surface area contributed by atoms with Crippen LogP contribution < -0.4 is 4.74 Å². The van der Waals surface area contributed by atoms with Crippen molar-refractivity contribution in [2.45, 2.75) is 13.5 Å². The Bertz CT molecular complexity index is 415. The summed E-state index contributed by atoms with van der Waals surface area (Å²) in [4.78, 5) is 4.11. The third-order valence-electron chi connectivity index (χ3n) is 2.45. The molecule has 0 aromatic carbocycles. The van der Waals surface area contributed by atoms with Gasteiger partial charge in [-0.05, 0) is 24.1 Å². The Morgan fingerprint density at radius 2 is 2.33 bits per heavy atom. The van der Waals surface area contributed by atoms with E-state index in [1.807, 2.05) is 19.1 Å². The van der Waals surface area contributed by atoms with Crippen LogP contribution in [0.5, 0.6) is 5.88 Å². The Kier molecular flexibility index (Phi) is 2.93. The van der Waals surface area contributed by atoms with Gasteiger partial charge in [0.15, 0.2) is 0 Å². The summed E-state index contributed by atoms with van der Waals surface area (Å²) >= 11 is 5.92. The van der Waals surface area contributed by atoms with E-state index in [1.54, 1.807) is 7.11 Å². The lowest BCUT2D eigenvalue weighted by molar-refractivity contribution is 0.143. The van der Waals surface area contributed by atoms with Crippen LogP contribution in [0.15, 0.2) is 12.1 Å². The minimum atomic E-state index is 0.451. The number of rotatable bonds is 1. The highest BCUT2D eigenvalue weighted by atomic mass is 35.5. The number of halogens is 1.